The van der Waals surface area contributed by atoms with Gasteiger partial charge in [0.15, 0.2) is 0 Å². The molecule has 0 amide bonds. The average molecular weight is 238 g/mol. The van der Waals surface area contributed by atoms with Gasteiger partial charge < -0.3 is 15.5 Å². The van der Waals surface area contributed by atoms with Gasteiger partial charge in [0.05, 0.1) is 6.42 Å². The Kier molecular flexibility index (Phi) is 5.09. The number of hydrogen-bond donors (Lipinski definition) is 3. The smallest absolute Gasteiger partial charge is 0.321 e. The summed E-state index contributed by atoms with van der Waals surface area (Å²) < 4.78 is 0. The van der Waals surface area contributed by atoms with Crippen molar-refractivity contribution in [2.24, 2.45) is 0 Å². The van der Waals surface area contributed by atoms with Crippen LogP contribution in [0.25, 0.3) is 0 Å². The van der Waals surface area contributed by atoms with Gasteiger partial charge in [-0.25, -0.2) is 0 Å². The van der Waals surface area contributed by atoms with Gasteiger partial charge in [0, 0.05) is 18.9 Å². The number of aliphatic carboxylic acids is 2. The third kappa shape index (κ3) is 5.07. The molecule has 6 nitrogen and oxygen atoms in total. The van der Waals surface area contributed by atoms with Crippen molar-refractivity contribution >= 4 is 11.9 Å². The van der Waals surface area contributed by atoms with Crippen LogP contribution in [0, 0.1) is 0 Å². The van der Waals surface area contributed by atoms with Gasteiger partial charge in [-0.05, 0) is 18.1 Å². The maximum atomic E-state index is 10.7. The quantitative estimate of drug-likeness (QED) is 0.625. The van der Waals surface area contributed by atoms with Crippen LogP contribution in [0.4, 0.5) is 0 Å². The molecular weight excluding hydrogens is 224 g/mol. The molecular formula is C11H14N2O4. The van der Waals surface area contributed by atoms with E-state index in [4.69, 9.17) is 10.2 Å². The van der Waals surface area contributed by atoms with Crippen LogP contribution >= 0.6 is 0 Å². The molecule has 0 bridgehead atoms. The molecule has 0 aliphatic carbocycles. The van der Waals surface area contributed by atoms with Crippen molar-refractivity contribution in [3.63, 3.8) is 0 Å². The Morgan fingerprint density at radius 2 is 2.18 bits per heavy atom. The fourth-order valence-electron chi connectivity index (χ4n) is 1.36. The maximum Gasteiger partial charge on any atom is 0.321 e. The lowest BCUT2D eigenvalue weighted by molar-refractivity contribution is -0.145. The van der Waals surface area contributed by atoms with Crippen molar-refractivity contribution in [3.05, 3.63) is 30.1 Å². The highest BCUT2D eigenvalue weighted by Crippen LogP contribution is 1.97. The highest BCUT2D eigenvalue weighted by Gasteiger charge is 2.19. The van der Waals surface area contributed by atoms with E-state index in [1.165, 1.54) is 0 Å². The first-order chi connectivity index (χ1) is 8.09. The highest BCUT2D eigenvalue weighted by molar-refractivity contribution is 5.80. The van der Waals surface area contributed by atoms with Crippen LogP contribution in [0.5, 0.6) is 0 Å². The van der Waals surface area contributed by atoms with Gasteiger partial charge >= 0.3 is 11.9 Å². The molecule has 0 radical (unpaired) electrons. The van der Waals surface area contributed by atoms with Gasteiger partial charge in [0.2, 0.25) is 0 Å². The van der Waals surface area contributed by atoms with E-state index in [-0.39, 0.29) is 0 Å². The normalized spacial score (nSPS) is 12.0. The molecule has 1 aromatic heterocycles. The van der Waals surface area contributed by atoms with Crippen molar-refractivity contribution in [1.82, 2.24) is 10.3 Å². The van der Waals surface area contributed by atoms with Crippen molar-refractivity contribution in [3.8, 4) is 0 Å². The topological polar surface area (TPSA) is 99.5 Å². The van der Waals surface area contributed by atoms with Crippen molar-refractivity contribution in [2.45, 2.75) is 18.9 Å². The maximum absolute atomic E-state index is 10.7. The molecule has 1 atom stereocenters. The summed E-state index contributed by atoms with van der Waals surface area (Å²) in [5.74, 6) is -2.29. The SMILES string of the molecule is O=C(O)CC(NCCc1cccnc1)C(=O)O. The molecule has 0 fully saturated rings. The molecule has 1 aromatic rings. The Labute approximate surface area is 98.3 Å². The zero-order valence-corrected chi connectivity index (χ0v) is 9.17. The van der Waals surface area contributed by atoms with E-state index in [9.17, 15) is 9.59 Å². The third-order valence-electron chi connectivity index (χ3n) is 2.20. The van der Waals surface area contributed by atoms with Gasteiger partial charge in [-0.1, -0.05) is 6.07 Å². The van der Waals surface area contributed by atoms with Crippen molar-refractivity contribution in [2.75, 3.05) is 6.54 Å². The summed E-state index contributed by atoms with van der Waals surface area (Å²) in [4.78, 5) is 25.1. The number of aromatic nitrogens is 1. The summed E-state index contributed by atoms with van der Waals surface area (Å²) in [6.45, 7) is 0.399. The van der Waals surface area contributed by atoms with Crippen LogP contribution in [-0.2, 0) is 16.0 Å². The largest absolute Gasteiger partial charge is 0.481 e. The Morgan fingerprint density at radius 3 is 2.71 bits per heavy atom. The summed E-state index contributed by atoms with van der Waals surface area (Å²) in [6.07, 6.45) is 3.52. The first kappa shape index (κ1) is 13.1. The van der Waals surface area contributed by atoms with E-state index in [1.54, 1.807) is 18.5 Å². The zero-order chi connectivity index (χ0) is 12.7. The van der Waals surface area contributed by atoms with Crippen LogP contribution in [0.15, 0.2) is 24.5 Å². The molecule has 0 aromatic carbocycles. The molecule has 92 valence electrons. The van der Waals surface area contributed by atoms with Crippen LogP contribution in [-0.4, -0.2) is 39.7 Å². The van der Waals surface area contributed by atoms with Crippen LogP contribution in [0.2, 0.25) is 0 Å². The molecule has 0 saturated carbocycles. The lowest BCUT2D eigenvalue weighted by Gasteiger charge is -2.11. The van der Waals surface area contributed by atoms with Gasteiger partial charge in [-0.15, -0.1) is 0 Å². The molecule has 1 unspecified atom stereocenters. The van der Waals surface area contributed by atoms with Crippen molar-refractivity contribution < 1.29 is 19.8 Å². The molecule has 0 aliphatic heterocycles. The average Bonchev–Trinajstić information content (AvgIpc) is 2.28. The minimum absolute atomic E-state index is 0.399. The van der Waals surface area contributed by atoms with Crippen LogP contribution in [0.1, 0.15) is 12.0 Å². The predicted molar refractivity (Wildman–Crippen MR) is 59.6 cm³/mol. The minimum atomic E-state index is -1.15. The van der Waals surface area contributed by atoms with E-state index < -0.39 is 24.4 Å². The second-order valence-corrected chi connectivity index (χ2v) is 3.55. The van der Waals surface area contributed by atoms with Gasteiger partial charge in [0.1, 0.15) is 6.04 Å². The molecule has 0 aliphatic rings. The van der Waals surface area contributed by atoms with E-state index in [1.807, 2.05) is 6.07 Å². The second-order valence-electron chi connectivity index (χ2n) is 3.55. The Bertz CT molecular complexity index is 380. The summed E-state index contributed by atoms with van der Waals surface area (Å²) in [5, 5.41) is 20.0. The number of hydrogen-bond acceptors (Lipinski definition) is 4. The monoisotopic (exact) mass is 238 g/mol. The number of carboxylic acid groups (broad SMARTS) is 2. The Morgan fingerprint density at radius 1 is 1.41 bits per heavy atom. The number of nitrogens with zero attached hydrogens (tertiary/aromatic N) is 1. The predicted octanol–water partition coefficient (Wildman–Crippen LogP) is 0.142. The first-order valence-electron chi connectivity index (χ1n) is 5.16. The van der Waals surface area contributed by atoms with Gasteiger partial charge in [-0.3, -0.25) is 14.6 Å². The van der Waals surface area contributed by atoms with Crippen LogP contribution in [0.3, 0.4) is 0 Å². The molecule has 0 spiro atoms. The number of rotatable bonds is 7. The third-order valence-corrected chi connectivity index (χ3v) is 2.20. The second kappa shape index (κ2) is 6.59. The standard InChI is InChI=1S/C11H14N2O4/c14-10(15)6-9(11(16)17)13-5-3-8-2-1-4-12-7-8/h1-2,4,7,9,13H,3,5-6H2,(H,14,15)(H,16,17). The number of nitrogens with one attached hydrogen (secondary N) is 1. The van der Waals surface area contributed by atoms with Gasteiger partial charge in [0.25, 0.3) is 0 Å². The molecule has 17 heavy (non-hydrogen) atoms. The fourth-order valence-corrected chi connectivity index (χ4v) is 1.36. The van der Waals surface area contributed by atoms with Crippen molar-refractivity contribution in [1.29, 1.82) is 0 Å². The van der Waals surface area contributed by atoms with E-state index in [2.05, 4.69) is 10.3 Å². The van der Waals surface area contributed by atoms with E-state index >= 15 is 0 Å². The van der Waals surface area contributed by atoms with E-state index in [0.717, 1.165) is 5.56 Å². The molecule has 1 rings (SSSR count). The summed E-state index contributed by atoms with van der Waals surface area (Å²) in [7, 11) is 0. The molecule has 3 N–H and O–H groups in total. The van der Waals surface area contributed by atoms with Crippen LogP contribution < -0.4 is 5.32 Å². The van der Waals surface area contributed by atoms with E-state index in [0.29, 0.717) is 13.0 Å². The summed E-state index contributed by atoms with van der Waals surface area (Å²) >= 11 is 0. The first-order valence-corrected chi connectivity index (χ1v) is 5.16. The Balaban J connectivity index is 2.37. The fraction of sp³-hybridized carbons (Fsp3) is 0.364. The molecule has 1 heterocycles. The number of carbonyl (C=O) groups is 2. The zero-order valence-electron chi connectivity index (χ0n) is 9.17. The molecule has 6 heteroatoms. The minimum Gasteiger partial charge on any atom is -0.481 e. The summed E-state index contributed by atoms with van der Waals surface area (Å²) in [6, 6.07) is 2.62. The lowest BCUT2D eigenvalue weighted by atomic mass is 10.1. The number of carboxylic acids is 2. The highest BCUT2D eigenvalue weighted by atomic mass is 16.4. The number of pyridine rings is 1. The Hall–Kier alpha value is -1.95. The lowest BCUT2D eigenvalue weighted by Crippen LogP contribution is -2.39. The molecule has 0 saturated heterocycles. The summed E-state index contributed by atoms with van der Waals surface area (Å²) in [5.41, 5.74) is 0.972. The van der Waals surface area contributed by atoms with Gasteiger partial charge in [-0.2, -0.15) is 0 Å².